The van der Waals surface area contributed by atoms with Gasteiger partial charge in [-0.15, -0.1) is 0 Å². The number of phenols is 2. The van der Waals surface area contributed by atoms with E-state index in [-0.39, 0.29) is 23.3 Å². The van der Waals surface area contributed by atoms with E-state index in [1.807, 2.05) is 0 Å². The first-order valence-electron chi connectivity index (χ1n) is 11.3. The van der Waals surface area contributed by atoms with Crippen molar-refractivity contribution < 1.29 is 29.3 Å². The Balaban J connectivity index is 1.52. The number of nitrogens with zero attached hydrogens (tertiary/aromatic N) is 2. The minimum Gasteiger partial charge on any atom is -0.504 e. The summed E-state index contributed by atoms with van der Waals surface area (Å²) in [4.78, 5) is 23.7. The molecule has 0 aromatic heterocycles. The summed E-state index contributed by atoms with van der Waals surface area (Å²) in [5.41, 5.74) is 6.34. The maximum absolute atomic E-state index is 11.9. The van der Waals surface area contributed by atoms with Gasteiger partial charge < -0.3 is 19.7 Å². The Morgan fingerprint density at radius 2 is 1.14 bits per heavy atom. The van der Waals surface area contributed by atoms with Gasteiger partial charge in [0.05, 0.1) is 26.6 Å². The van der Waals surface area contributed by atoms with E-state index >= 15 is 0 Å². The number of aromatic hydroxyl groups is 2. The normalized spacial score (nSPS) is 11.0. The minimum atomic E-state index is -0.171. The van der Waals surface area contributed by atoms with Crippen LogP contribution in [-0.2, 0) is 9.59 Å². The third-order valence-electron chi connectivity index (χ3n) is 5.02. The lowest BCUT2D eigenvalue weighted by molar-refractivity contribution is -0.121. The Bertz CT molecular complexity index is 957. The number of hydrazone groups is 2. The summed E-state index contributed by atoms with van der Waals surface area (Å²) < 4.78 is 10.1. The molecule has 2 rings (SSSR count). The highest BCUT2D eigenvalue weighted by Gasteiger charge is 2.04. The Labute approximate surface area is 204 Å². The van der Waals surface area contributed by atoms with Crippen molar-refractivity contribution in [3.8, 4) is 23.0 Å². The van der Waals surface area contributed by atoms with Gasteiger partial charge in [-0.25, -0.2) is 10.9 Å². The van der Waals surface area contributed by atoms with Gasteiger partial charge in [-0.05, 0) is 60.4 Å². The summed E-state index contributed by atoms with van der Waals surface area (Å²) in [6, 6.07) is 9.54. The van der Waals surface area contributed by atoms with Crippen LogP contribution in [-0.4, -0.2) is 48.7 Å². The van der Waals surface area contributed by atoms with E-state index in [4.69, 9.17) is 9.47 Å². The number of carbonyl (C=O) groups is 2. The summed E-state index contributed by atoms with van der Waals surface area (Å²) in [6.07, 6.45) is 7.87. The van der Waals surface area contributed by atoms with Crippen molar-refractivity contribution in [2.24, 2.45) is 10.2 Å². The van der Waals surface area contributed by atoms with Crippen LogP contribution >= 0.6 is 0 Å². The summed E-state index contributed by atoms with van der Waals surface area (Å²) in [5.74, 6) is 0.400. The third-order valence-corrected chi connectivity index (χ3v) is 5.02. The second-order valence-electron chi connectivity index (χ2n) is 7.72. The molecule has 0 fully saturated rings. The number of rotatable bonds is 14. The molecule has 0 aliphatic heterocycles. The lowest BCUT2D eigenvalue weighted by atomic mass is 10.1. The molecule has 4 N–H and O–H groups in total. The van der Waals surface area contributed by atoms with Gasteiger partial charge >= 0.3 is 0 Å². The van der Waals surface area contributed by atoms with E-state index in [0.29, 0.717) is 35.5 Å². The van der Waals surface area contributed by atoms with Crippen molar-refractivity contribution in [1.29, 1.82) is 0 Å². The Kier molecular flexibility index (Phi) is 11.6. The zero-order chi connectivity index (χ0) is 25.5. The number of benzene rings is 2. The molecule has 2 amide bonds. The highest BCUT2D eigenvalue weighted by molar-refractivity contribution is 5.84. The van der Waals surface area contributed by atoms with Crippen molar-refractivity contribution in [2.45, 2.75) is 44.9 Å². The molecule has 0 saturated carbocycles. The predicted octanol–water partition coefficient (Wildman–Crippen LogP) is 3.45. The fourth-order valence-electron chi connectivity index (χ4n) is 3.12. The van der Waals surface area contributed by atoms with Crippen molar-refractivity contribution >= 4 is 24.2 Å². The zero-order valence-corrected chi connectivity index (χ0v) is 20.0. The smallest absolute Gasteiger partial charge is 0.240 e. The van der Waals surface area contributed by atoms with Gasteiger partial charge in [-0.1, -0.05) is 19.3 Å². The second kappa shape index (κ2) is 14.9. The quantitative estimate of drug-likeness (QED) is 0.184. The van der Waals surface area contributed by atoms with E-state index in [1.54, 1.807) is 24.3 Å². The lowest BCUT2D eigenvalue weighted by Gasteiger charge is -2.04. The number of nitrogens with one attached hydrogen (secondary N) is 2. The molecule has 0 radical (unpaired) electrons. The van der Waals surface area contributed by atoms with Crippen molar-refractivity contribution in [3.05, 3.63) is 47.5 Å². The van der Waals surface area contributed by atoms with Gasteiger partial charge in [-0.3, -0.25) is 9.59 Å². The molecule has 0 unspecified atom stereocenters. The molecule has 35 heavy (non-hydrogen) atoms. The van der Waals surface area contributed by atoms with Crippen molar-refractivity contribution in [2.75, 3.05) is 14.2 Å². The topological polar surface area (TPSA) is 142 Å². The number of unbranched alkanes of at least 4 members (excludes halogenated alkanes) is 4. The molecular weight excluding hydrogens is 452 g/mol. The number of hydrogen-bond donors (Lipinski definition) is 4. The molecule has 0 aliphatic carbocycles. The van der Waals surface area contributed by atoms with Gasteiger partial charge in [0.15, 0.2) is 23.0 Å². The Hall–Kier alpha value is -4.08. The number of amides is 2. The van der Waals surface area contributed by atoms with E-state index < -0.39 is 0 Å². The fourth-order valence-corrected chi connectivity index (χ4v) is 3.12. The van der Waals surface area contributed by atoms with E-state index in [2.05, 4.69) is 21.1 Å². The molecular formula is C25H32N4O6. The Morgan fingerprint density at radius 1 is 0.743 bits per heavy atom. The van der Waals surface area contributed by atoms with Crippen LogP contribution in [0, 0.1) is 0 Å². The monoisotopic (exact) mass is 484 g/mol. The summed E-state index contributed by atoms with van der Waals surface area (Å²) in [5, 5.41) is 27.0. The van der Waals surface area contributed by atoms with Gasteiger partial charge in [0.1, 0.15) is 0 Å². The van der Waals surface area contributed by atoms with E-state index in [0.717, 1.165) is 32.1 Å². The van der Waals surface area contributed by atoms with Gasteiger partial charge in [0, 0.05) is 12.8 Å². The van der Waals surface area contributed by atoms with Crippen LogP contribution in [0.1, 0.15) is 56.1 Å². The van der Waals surface area contributed by atoms with Crippen LogP contribution < -0.4 is 20.3 Å². The third kappa shape index (κ3) is 10.2. The van der Waals surface area contributed by atoms with Crippen LogP contribution in [0.3, 0.4) is 0 Å². The number of hydrogen-bond acceptors (Lipinski definition) is 8. The van der Waals surface area contributed by atoms with Gasteiger partial charge in [-0.2, -0.15) is 10.2 Å². The number of ether oxygens (including phenoxy) is 2. The highest BCUT2D eigenvalue weighted by Crippen LogP contribution is 2.26. The minimum absolute atomic E-state index is 0.0369. The first-order valence-corrected chi connectivity index (χ1v) is 11.3. The maximum atomic E-state index is 11.9. The first-order chi connectivity index (χ1) is 16.9. The van der Waals surface area contributed by atoms with E-state index in [9.17, 15) is 19.8 Å². The molecule has 0 spiro atoms. The summed E-state index contributed by atoms with van der Waals surface area (Å²) >= 11 is 0. The van der Waals surface area contributed by atoms with Crippen LogP contribution in [0.15, 0.2) is 46.6 Å². The van der Waals surface area contributed by atoms with Crippen LogP contribution in [0.5, 0.6) is 23.0 Å². The first kappa shape index (κ1) is 27.2. The number of methoxy groups -OCH3 is 2. The van der Waals surface area contributed by atoms with Crippen molar-refractivity contribution in [3.63, 3.8) is 0 Å². The fraction of sp³-hybridized carbons (Fsp3) is 0.360. The largest absolute Gasteiger partial charge is 0.504 e. The zero-order valence-electron chi connectivity index (χ0n) is 20.0. The molecule has 0 saturated heterocycles. The van der Waals surface area contributed by atoms with Gasteiger partial charge in [0.2, 0.25) is 11.8 Å². The highest BCUT2D eigenvalue weighted by atomic mass is 16.5. The number of carbonyl (C=O) groups excluding carboxylic acids is 2. The molecule has 0 atom stereocenters. The van der Waals surface area contributed by atoms with Crippen molar-refractivity contribution in [1.82, 2.24) is 10.9 Å². The van der Waals surface area contributed by atoms with Crippen LogP contribution in [0.4, 0.5) is 0 Å². The molecule has 0 aliphatic rings. The van der Waals surface area contributed by atoms with Gasteiger partial charge in [0.25, 0.3) is 0 Å². The molecule has 10 nitrogen and oxygen atoms in total. The molecule has 0 bridgehead atoms. The van der Waals surface area contributed by atoms with Crippen LogP contribution in [0.25, 0.3) is 0 Å². The standard InChI is InChI=1S/C25H32N4O6/c1-34-22-14-18(10-12-20(22)30)16-26-28-24(32)8-6-4-3-5-7-9-25(33)29-27-17-19-11-13-21(31)23(15-19)35-2/h10-17,30-31H,3-9H2,1-2H3,(H,28,32)(H,29,33). The average Bonchev–Trinajstić information content (AvgIpc) is 2.85. The molecule has 0 heterocycles. The van der Waals surface area contributed by atoms with Crippen LogP contribution in [0.2, 0.25) is 0 Å². The SMILES string of the molecule is COc1cc(C=NNC(=O)CCCCCCCC(=O)NN=Cc2ccc(O)c(OC)c2)ccc1O. The molecule has 2 aromatic rings. The second-order valence-corrected chi connectivity index (χ2v) is 7.72. The summed E-state index contributed by atoms with van der Waals surface area (Å²) in [6.45, 7) is 0. The average molecular weight is 485 g/mol. The number of phenolic OH excluding ortho intramolecular Hbond substituents is 2. The summed E-state index contributed by atoms with van der Waals surface area (Å²) in [7, 11) is 2.92. The molecule has 2 aromatic carbocycles. The molecule has 188 valence electrons. The predicted molar refractivity (Wildman–Crippen MR) is 133 cm³/mol. The molecule has 10 heteroatoms. The maximum Gasteiger partial charge on any atom is 0.240 e. The van der Waals surface area contributed by atoms with E-state index in [1.165, 1.54) is 38.8 Å². The lowest BCUT2D eigenvalue weighted by Crippen LogP contribution is -2.17. The Morgan fingerprint density at radius 3 is 1.54 bits per heavy atom.